The lowest BCUT2D eigenvalue weighted by molar-refractivity contribution is -0.0601. The number of benzene rings is 2. The fourth-order valence-electron chi connectivity index (χ4n) is 5.50. The number of urea groups is 1. The summed E-state index contributed by atoms with van der Waals surface area (Å²) < 4.78 is 11.2. The molecule has 1 aliphatic carbocycles. The molecule has 1 heterocycles. The molecule has 0 radical (unpaired) electrons. The fourth-order valence-corrected chi connectivity index (χ4v) is 5.50. The molecule has 3 N–H and O–H groups in total. The maximum atomic E-state index is 13.2. The summed E-state index contributed by atoms with van der Waals surface area (Å²) in [6.45, 7) is 5.61. The van der Waals surface area contributed by atoms with Gasteiger partial charge in [0.05, 0.1) is 19.3 Å². The second-order valence-corrected chi connectivity index (χ2v) is 10.4. The Morgan fingerprint density at radius 2 is 1.49 bits per heavy atom. The van der Waals surface area contributed by atoms with Crippen LogP contribution in [0.1, 0.15) is 63.5 Å². The Labute approximate surface area is 209 Å². The number of carbonyl (C=O) groups excluding carboxylic acids is 1. The van der Waals surface area contributed by atoms with Crippen molar-refractivity contribution in [3.05, 3.63) is 71.8 Å². The first-order valence-corrected chi connectivity index (χ1v) is 13.1. The average Bonchev–Trinajstić information content (AvgIpc) is 3.38. The third-order valence-corrected chi connectivity index (χ3v) is 7.34. The molecule has 1 saturated heterocycles. The first-order valence-electron chi connectivity index (χ1n) is 13.1. The zero-order valence-electron chi connectivity index (χ0n) is 21.0. The van der Waals surface area contributed by atoms with Crippen molar-refractivity contribution in [2.75, 3.05) is 13.2 Å². The number of rotatable bonds is 9. The number of hydrogen-bond acceptors (Lipinski definition) is 4. The van der Waals surface area contributed by atoms with Crippen LogP contribution in [0.4, 0.5) is 4.79 Å². The number of nitrogens with one attached hydrogen (secondary N) is 2. The third kappa shape index (κ3) is 6.63. The number of amides is 2. The van der Waals surface area contributed by atoms with Gasteiger partial charge in [0, 0.05) is 12.5 Å². The van der Waals surface area contributed by atoms with E-state index < -0.39 is 11.6 Å². The van der Waals surface area contributed by atoms with E-state index >= 15 is 0 Å². The highest BCUT2D eigenvalue weighted by atomic mass is 16.7. The largest absolute Gasteiger partial charge is 0.378 e. The van der Waals surface area contributed by atoms with Gasteiger partial charge in [-0.05, 0) is 55.1 Å². The van der Waals surface area contributed by atoms with Crippen LogP contribution in [0.5, 0.6) is 0 Å². The van der Waals surface area contributed by atoms with E-state index in [1.165, 1.54) is 0 Å². The van der Waals surface area contributed by atoms with Crippen LogP contribution in [0.2, 0.25) is 0 Å². The van der Waals surface area contributed by atoms with Gasteiger partial charge in [-0.3, -0.25) is 0 Å². The van der Waals surface area contributed by atoms with Crippen molar-refractivity contribution in [3.8, 4) is 0 Å². The summed E-state index contributed by atoms with van der Waals surface area (Å²) >= 11 is 0. The number of hydrogen-bond donors (Lipinski definition) is 3. The van der Waals surface area contributed by atoms with Crippen LogP contribution in [0, 0.1) is 11.8 Å². The fraction of sp³-hybridized carbons (Fsp3) is 0.552. The van der Waals surface area contributed by atoms with Gasteiger partial charge < -0.3 is 25.2 Å². The normalized spacial score (nSPS) is 22.2. The summed E-state index contributed by atoms with van der Waals surface area (Å²) in [7, 11) is 0. The van der Waals surface area contributed by atoms with E-state index in [-0.39, 0.29) is 24.3 Å². The first kappa shape index (κ1) is 25.7. The summed E-state index contributed by atoms with van der Waals surface area (Å²) in [5.41, 5.74) is 0.200. The topological polar surface area (TPSA) is 79.8 Å². The molecule has 1 unspecified atom stereocenters. The average molecular weight is 481 g/mol. The van der Waals surface area contributed by atoms with Crippen molar-refractivity contribution in [2.45, 2.75) is 76.3 Å². The van der Waals surface area contributed by atoms with Crippen LogP contribution in [0.25, 0.3) is 0 Å². The molecule has 0 spiro atoms. The minimum Gasteiger partial charge on any atom is -0.378 e. The molecule has 4 rings (SSSR count). The van der Waals surface area contributed by atoms with E-state index in [0.717, 1.165) is 43.2 Å². The van der Waals surface area contributed by atoms with E-state index in [9.17, 15) is 9.90 Å². The molecule has 6 nitrogen and oxygen atoms in total. The Bertz CT molecular complexity index is 867. The van der Waals surface area contributed by atoms with Gasteiger partial charge in [0.1, 0.15) is 5.60 Å². The van der Waals surface area contributed by atoms with E-state index in [2.05, 4.69) is 24.5 Å². The van der Waals surface area contributed by atoms with Crippen LogP contribution >= 0.6 is 0 Å². The quantitative estimate of drug-likeness (QED) is 0.474. The SMILES string of the molecule is CC(C)CC(NC(=O)NC1CCC(CC2OCCO2)CC1)C(O)(c1ccccc1)c1ccccc1. The Morgan fingerprint density at radius 1 is 0.943 bits per heavy atom. The van der Waals surface area contributed by atoms with E-state index in [0.29, 0.717) is 25.6 Å². The molecule has 2 amide bonds. The summed E-state index contributed by atoms with van der Waals surface area (Å²) in [6.07, 6.45) is 5.53. The molecule has 190 valence electrons. The second kappa shape index (κ2) is 12.0. The molecule has 1 aliphatic heterocycles. The Kier molecular flexibility index (Phi) is 8.82. The lowest BCUT2D eigenvalue weighted by atomic mass is 9.77. The van der Waals surface area contributed by atoms with Crippen LogP contribution in [-0.2, 0) is 15.1 Å². The van der Waals surface area contributed by atoms with E-state index in [1.807, 2.05) is 60.7 Å². The lowest BCUT2D eigenvalue weighted by Gasteiger charge is -2.39. The molecule has 6 heteroatoms. The molecule has 1 atom stereocenters. The molecule has 1 saturated carbocycles. The predicted molar refractivity (Wildman–Crippen MR) is 137 cm³/mol. The Hall–Kier alpha value is -2.41. The Morgan fingerprint density at radius 3 is 2.00 bits per heavy atom. The summed E-state index contributed by atoms with van der Waals surface area (Å²) in [4.78, 5) is 13.2. The van der Waals surface area contributed by atoms with Crippen molar-refractivity contribution < 1.29 is 19.4 Å². The third-order valence-electron chi connectivity index (χ3n) is 7.34. The minimum absolute atomic E-state index is 0.0572. The monoisotopic (exact) mass is 480 g/mol. The van der Waals surface area contributed by atoms with Gasteiger partial charge >= 0.3 is 6.03 Å². The predicted octanol–water partition coefficient (Wildman–Crippen LogP) is 4.96. The van der Waals surface area contributed by atoms with Gasteiger partial charge in [0.25, 0.3) is 0 Å². The highest BCUT2D eigenvalue weighted by molar-refractivity contribution is 5.75. The molecular formula is C29H40N2O4. The van der Waals surface area contributed by atoms with E-state index in [4.69, 9.17) is 9.47 Å². The van der Waals surface area contributed by atoms with Crippen molar-refractivity contribution in [1.82, 2.24) is 10.6 Å². The second-order valence-electron chi connectivity index (χ2n) is 10.4. The molecular weight excluding hydrogens is 440 g/mol. The van der Waals surface area contributed by atoms with Gasteiger partial charge in [-0.2, -0.15) is 0 Å². The first-order chi connectivity index (χ1) is 16.9. The standard InChI is InChI=1S/C29H40N2O4/c1-21(2)19-26(29(33,23-9-5-3-6-10-23)24-11-7-4-8-12-24)31-28(32)30-25-15-13-22(14-16-25)20-27-34-17-18-35-27/h3-12,21-22,25-27,33H,13-20H2,1-2H3,(H2,30,31,32). The molecule has 0 bridgehead atoms. The molecule has 2 aromatic rings. The van der Waals surface area contributed by atoms with Crippen LogP contribution in [-0.4, -0.2) is 42.7 Å². The zero-order chi connectivity index (χ0) is 24.7. The molecule has 2 aliphatic rings. The van der Waals surface area contributed by atoms with Gasteiger partial charge in [0.2, 0.25) is 0 Å². The lowest BCUT2D eigenvalue weighted by Crippen LogP contribution is -2.56. The number of ether oxygens (including phenoxy) is 2. The highest BCUT2D eigenvalue weighted by Crippen LogP contribution is 2.36. The number of aliphatic hydroxyl groups is 1. The zero-order valence-corrected chi connectivity index (χ0v) is 21.0. The van der Waals surface area contributed by atoms with Gasteiger partial charge in [-0.1, -0.05) is 74.5 Å². The van der Waals surface area contributed by atoms with Crippen LogP contribution in [0.3, 0.4) is 0 Å². The Balaban J connectivity index is 1.43. The molecule has 0 aromatic heterocycles. The summed E-state index contributed by atoms with van der Waals surface area (Å²) in [5, 5.41) is 18.6. The van der Waals surface area contributed by atoms with Crippen molar-refractivity contribution in [1.29, 1.82) is 0 Å². The molecule has 2 fully saturated rings. The maximum Gasteiger partial charge on any atom is 0.315 e. The summed E-state index contributed by atoms with van der Waals surface area (Å²) in [5.74, 6) is 0.865. The van der Waals surface area contributed by atoms with Gasteiger partial charge in [0.15, 0.2) is 6.29 Å². The molecule has 35 heavy (non-hydrogen) atoms. The van der Waals surface area contributed by atoms with E-state index in [1.54, 1.807) is 0 Å². The van der Waals surface area contributed by atoms with Crippen molar-refractivity contribution in [3.63, 3.8) is 0 Å². The summed E-state index contributed by atoms with van der Waals surface area (Å²) in [6, 6.07) is 18.7. The van der Waals surface area contributed by atoms with Crippen LogP contribution in [0.15, 0.2) is 60.7 Å². The smallest absolute Gasteiger partial charge is 0.315 e. The van der Waals surface area contributed by atoms with Gasteiger partial charge in [-0.25, -0.2) is 4.79 Å². The van der Waals surface area contributed by atoms with Crippen molar-refractivity contribution in [2.24, 2.45) is 11.8 Å². The number of carbonyl (C=O) groups is 1. The minimum atomic E-state index is -1.34. The van der Waals surface area contributed by atoms with Gasteiger partial charge in [-0.15, -0.1) is 0 Å². The van der Waals surface area contributed by atoms with Crippen molar-refractivity contribution >= 4 is 6.03 Å². The highest BCUT2D eigenvalue weighted by Gasteiger charge is 2.41. The van der Waals surface area contributed by atoms with Crippen LogP contribution < -0.4 is 10.6 Å². The maximum absolute atomic E-state index is 13.2. The molecule has 2 aromatic carbocycles.